The van der Waals surface area contributed by atoms with Crippen molar-refractivity contribution in [3.05, 3.63) is 21.9 Å². The third-order valence-corrected chi connectivity index (χ3v) is 3.89. The summed E-state index contributed by atoms with van der Waals surface area (Å²) in [6.45, 7) is 2.80. The Labute approximate surface area is 73.5 Å². The molecule has 0 unspecified atom stereocenters. The van der Waals surface area contributed by atoms with Gasteiger partial charge in [-0.1, -0.05) is 0 Å². The average Bonchev–Trinajstić information content (AvgIpc) is 2.45. The molecule has 11 heavy (non-hydrogen) atoms. The highest BCUT2D eigenvalue weighted by atomic mass is 32.1. The van der Waals surface area contributed by atoms with Crippen LogP contribution in [0.25, 0.3) is 9.40 Å². The number of rotatable bonds is 1. The molecule has 0 aliphatic rings. The maximum Gasteiger partial charge on any atom is 0.0498 e. The van der Waals surface area contributed by atoms with Crippen LogP contribution in [-0.2, 0) is 6.54 Å². The molecule has 0 saturated heterocycles. The van der Waals surface area contributed by atoms with E-state index in [1.165, 1.54) is 19.8 Å². The number of nitrogens with two attached hydrogens (primary N) is 1. The largest absolute Gasteiger partial charge is 0.326 e. The predicted molar refractivity (Wildman–Crippen MR) is 52.3 cm³/mol. The van der Waals surface area contributed by atoms with Gasteiger partial charge in [-0.25, -0.2) is 0 Å². The Morgan fingerprint density at radius 2 is 2.36 bits per heavy atom. The van der Waals surface area contributed by atoms with Gasteiger partial charge in [-0.3, -0.25) is 0 Å². The van der Waals surface area contributed by atoms with Crippen LogP contribution in [0.1, 0.15) is 10.4 Å². The standard InChI is InChI=1S/C8H9NS2/c1-5-2-7-8(11-5)6(3-9)4-10-7/h2,4H,3,9H2,1H3. The van der Waals surface area contributed by atoms with Crippen molar-refractivity contribution in [1.82, 2.24) is 0 Å². The minimum atomic E-state index is 0.667. The number of hydrogen-bond acceptors (Lipinski definition) is 3. The van der Waals surface area contributed by atoms with Crippen LogP contribution in [0.4, 0.5) is 0 Å². The molecule has 0 fully saturated rings. The Balaban J connectivity index is 2.73. The van der Waals surface area contributed by atoms with Gasteiger partial charge >= 0.3 is 0 Å². The monoisotopic (exact) mass is 183 g/mol. The lowest BCUT2D eigenvalue weighted by molar-refractivity contribution is 1.10. The van der Waals surface area contributed by atoms with Crippen LogP contribution in [0, 0.1) is 6.92 Å². The van der Waals surface area contributed by atoms with Crippen molar-refractivity contribution in [2.75, 3.05) is 0 Å². The number of hydrogen-bond donors (Lipinski definition) is 1. The first kappa shape index (κ1) is 7.28. The van der Waals surface area contributed by atoms with Crippen LogP contribution in [-0.4, -0.2) is 0 Å². The van der Waals surface area contributed by atoms with Gasteiger partial charge in [0.15, 0.2) is 0 Å². The molecule has 3 heteroatoms. The molecular weight excluding hydrogens is 174 g/mol. The zero-order chi connectivity index (χ0) is 7.84. The molecule has 0 bridgehead atoms. The van der Waals surface area contributed by atoms with Crippen LogP contribution in [0.15, 0.2) is 11.4 Å². The smallest absolute Gasteiger partial charge is 0.0498 e. The summed E-state index contributed by atoms with van der Waals surface area (Å²) < 4.78 is 2.77. The van der Waals surface area contributed by atoms with Gasteiger partial charge in [0.05, 0.1) is 0 Å². The van der Waals surface area contributed by atoms with E-state index < -0.39 is 0 Å². The van der Waals surface area contributed by atoms with E-state index >= 15 is 0 Å². The van der Waals surface area contributed by atoms with E-state index in [-0.39, 0.29) is 0 Å². The lowest BCUT2D eigenvalue weighted by Gasteiger charge is -1.85. The topological polar surface area (TPSA) is 26.0 Å². The quantitative estimate of drug-likeness (QED) is 0.722. The summed E-state index contributed by atoms with van der Waals surface area (Å²) in [6.07, 6.45) is 0. The van der Waals surface area contributed by atoms with E-state index in [1.807, 2.05) is 11.3 Å². The normalized spacial score (nSPS) is 11.1. The second-order valence-corrected chi connectivity index (χ2v) is 4.68. The predicted octanol–water partition coefficient (Wildman–Crippen LogP) is 2.73. The summed E-state index contributed by atoms with van der Waals surface area (Å²) in [6, 6.07) is 2.23. The van der Waals surface area contributed by atoms with Gasteiger partial charge in [-0.2, -0.15) is 0 Å². The van der Waals surface area contributed by atoms with Crippen LogP contribution < -0.4 is 5.73 Å². The Morgan fingerprint density at radius 3 is 3.09 bits per heavy atom. The van der Waals surface area contributed by atoms with Crippen molar-refractivity contribution in [1.29, 1.82) is 0 Å². The molecular formula is C8H9NS2. The molecule has 0 spiro atoms. The summed E-state index contributed by atoms with van der Waals surface area (Å²) in [5, 5.41) is 2.15. The third kappa shape index (κ3) is 1.09. The van der Waals surface area contributed by atoms with Gasteiger partial charge in [0.25, 0.3) is 0 Å². The molecule has 0 aliphatic carbocycles. The molecule has 0 aliphatic heterocycles. The van der Waals surface area contributed by atoms with Gasteiger partial charge in [0, 0.05) is 20.8 Å². The SMILES string of the molecule is Cc1cc2scc(CN)c2s1. The van der Waals surface area contributed by atoms with Crippen molar-refractivity contribution < 1.29 is 0 Å². The van der Waals surface area contributed by atoms with E-state index in [9.17, 15) is 0 Å². The third-order valence-electron chi connectivity index (χ3n) is 1.66. The first-order chi connectivity index (χ1) is 5.31. The fourth-order valence-electron chi connectivity index (χ4n) is 1.13. The van der Waals surface area contributed by atoms with Crippen molar-refractivity contribution in [3.8, 4) is 0 Å². The molecule has 1 nitrogen and oxygen atoms in total. The van der Waals surface area contributed by atoms with Crippen LogP contribution in [0.5, 0.6) is 0 Å². The van der Waals surface area contributed by atoms with Gasteiger partial charge in [-0.05, 0) is 23.9 Å². The first-order valence-corrected chi connectivity index (χ1v) is 5.17. The fraction of sp³-hybridized carbons (Fsp3) is 0.250. The van der Waals surface area contributed by atoms with E-state index in [2.05, 4.69) is 18.4 Å². The second kappa shape index (κ2) is 2.59. The highest BCUT2D eigenvalue weighted by Crippen LogP contribution is 2.33. The van der Waals surface area contributed by atoms with Crippen LogP contribution in [0.3, 0.4) is 0 Å². The lowest BCUT2D eigenvalue weighted by Crippen LogP contribution is -1.92. The minimum Gasteiger partial charge on any atom is -0.326 e. The summed E-state index contributed by atoms with van der Waals surface area (Å²) in [4.78, 5) is 1.38. The molecule has 0 radical (unpaired) electrons. The molecule has 0 saturated carbocycles. The van der Waals surface area contributed by atoms with Crippen molar-refractivity contribution in [2.45, 2.75) is 13.5 Å². The second-order valence-electron chi connectivity index (χ2n) is 2.52. The highest BCUT2D eigenvalue weighted by Gasteiger charge is 2.04. The summed E-state index contributed by atoms with van der Waals surface area (Å²) in [5.74, 6) is 0. The molecule has 2 aromatic heterocycles. The number of fused-ring (bicyclic) bond motifs is 1. The molecule has 2 aromatic rings. The van der Waals surface area contributed by atoms with Crippen molar-refractivity contribution in [3.63, 3.8) is 0 Å². The summed E-state index contributed by atoms with van der Waals surface area (Å²) in [7, 11) is 0. The highest BCUT2D eigenvalue weighted by molar-refractivity contribution is 7.27. The van der Waals surface area contributed by atoms with Gasteiger partial charge in [0.2, 0.25) is 0 Å². The Hall–Kier alpha value is -0.380. The zero-order valence-electron chi connectivity index (χ0n) is 6.26. The Bertz CT molecular complexity index is 372. The first-order valence-electron chi connectivity index (χ1n) is 3.48. The summed E-state index contributed by atoms with van der Waals surface area (Å²) in [5.41, 5.74) is 6.88. The fourth-order valence-corrected chi connectivity index (χ4v) is 3.45. The van der Waals surface area contributed by atoms with Gasteiger partial charge in [0.1, 0.15) is 0 Å². The van der Waals surface area contributed by atoms with Crippen molar-refractivity contribution in [2.24, 2.45) is 5.73 Å². The van der Waals surface area contributed by atoms with E-state index in [4.69, 9.17) is 5.73 Å². The summed E-state index contributed by atoms with van der Waals surface area (Å²) >= 11 is 3.63. The van der Waals surface area contributed by atoms with E-state index in [0.717, 1.165) is 0 Å². The Kier molecular flexibility index (Phi) is 1.71. The maximum atomic E-state index is 5.58. The van der Waals surface area contributed by atoms with Crippen LogP contribution in [0.2, 0.25) is 0 Å². The van der Waals surface area contributed by atoms with Crippen LogP contribution >= 0.6 is 22.7 Å². The van der Waals surface area contributed by atoms with E-state index in [1.54, 1.807) is 11.3 Å². The molecule has 0 amide bonds. The molecule has 2 rings (SSSR count). The molecule has 2 heterocycles. The maximum absolute atomic E-state index is 5.58. The van der Waals surface area contributed by atoms with Crippen molar-refractivity contribution >= 4 is 32.1 Å². The van der Waals surface area contributed by atoms with Gasteiger partial charge < -0.3 is 5.73 Å². The Morgan fingerprint density at radius 1 is 1.55 bits per heavy atom. The minimum absolute atomic E-state index is 0.667. The average molecular weight is 183 g/mol. The lowest BCUT2D eigenvalue weighted by atomic mass is 10.3. The number of aryl methyl sites for hydroxylation is 1. The molecule has 58 valence electrons. The van der Waals surface area contributed by atoms with Gasteiger partial charge in [-0.15, -0.1) is 22.7 Å². The zero-order valence-corrected chi connectivity index (χ0v) is 7.89. The van der Waals surface area contributed by atoms with E-state index in [0.29, 0.717) is 6.54 Å². The number of thiophene rings is 2. The molecule has 2 N–H and O–H groups in total. The molecule has 0 aromatic carbocycles. The molecule has 0 atom stereocenters.